The second-order valence-corrected chi connectivity index (χ2v) is 7.91. The van der Waals surface area contributed by atoms with Crippen molar-refractivity contribution in [2.45, 2.75) is 26.3 Å². The molecule has 4 nitrogen and oxygen atoms in total. The fourth-order valence-electron chi connectivity index (χ4n) is 2.21. The van der Waals surface area contributed by atoms with Gasteiger partial charge in [-0.2, -0.15) is 0 Å². The van der Waals surface area contributed by atoms with Crippen LogP contribution in [0.3, 0.4) is 0 Å². The number of furan rings is 1. The van der Waals surface area contributed by atoms with Crippen molar-refractivity contribution in [3.8, 4) is 9.88 Å². The quantitative estimate of drug-likeness (QED) is 0.706. The summed E-state index contributed by atoms with van der Waals surface area (Å²) in [6.45, 7) is 3.80. The Labute approximate surface area is 147 Å². The maximum atomic E-state index is 12.5. The van der Waals surface area contributed by atoms with Crippen LogP contribution in [0.4, 0.5) is 0 Å². The summed E-state index contributed by atoms with van der Waals surface area (Å²) in [6, 6.07) is 7.49. The monoisotopic (exact) mass is 366 g/mol. The summed E-state index contributed by atoms with van der Waals surface area (Å²) in [5, 5.41) is 3.82. The van der Waals surface area contributed by atoms with Crippen LogP contribution in [0, 0.1) is 6.92 Å². The molecule has 7 heteroatoms. The predicted octanol–water partition coefficient (Wildman–Crippen LogP) is 4.79. The number of nitrogens with one attached hydrogen (secondary N) is 1. The highest BCUT2D eigenvalue weighted by molar-refractivity contribution is 7.24. The molecule has 1 amide bonds. The third kappa shape index (κ3) is 3.83. The van der Waals surface area contributed by atoms with E-state index < -0.39 is 0 Å². The number of nitrogens with zero attached hydrogens (tertiary/aromatic N) is 1. The Bertz CT molecular complexity index is 808. The van der Waals surface area contributed by atoms with Crippen LogP contribution in [0.15, 0.2) is 34.9 Å². The normalized spacial score (nSPS) is 12.3. The summed E-state index contributed by atoms with van der Waals surface area (Å²) in [5.74, 6) is 0.751. The number of carbonyl (C=O) groups is 1. The van der Waals surface area contributed by atoms with E-state index in [4.69, 9.17) is 16.0 Å². The Hall–Kier alpha value is -1.63. The van der Waals surface area contributed by atoms with E-state index in [2.05, 4.69) is 10.3 Å². The summed E-state index contributed by atoms with van der Waals surface area (Å²) in [6.07, 6.45) is 2.29. The second kappa shape index (κ2) is 6.86. The van der Waals surface area contributed by atoms with Crippen LogP contribution in [0.1, 0.15) is 28.0 Å². The number of halogens is 1. The molecule has 1 N–H and O–H groups in total. The standard InChI is InChI=1S/C16H15ClN2O2S2/c1-9(8-11-4-3-7-21-11)18-15(20)14-10(2)19-16(23-14)12-5-6-13(17)22-12/h3-7,9H,8H2,1-2H3,(H,18,20). The van der Waals surface area contributed by atoms with Crippen molar-refractivity contribution in [3.63, 3.8) is 0 Å². The van der Waals surface area contributed by atoms with Gasteiger partial charge in [0.05, 0.1) is 21.2 Å². The number of hydrogen-bond acceptors (Lipinski definition) is 5. The molecular weight excluding hydrogens is 352 g/mol. The van der Waals surface area contributed by atoms with E-state index in [9.17, 15) is 4.79 Å². The molecular formula is C16H15ClN2O2S2. The fraction of sp³-hybridized carbons (Fsp3) is 0.250. The lowest BCUT2D eigenvalue weighted by atomic mass is 10.2. The molecule has 0 aromatic carbocycles. The summed E-state index contributed by atoms with van der Waals surface area (Å²) in [4.78, 5) is 18.6. The first-order chi connectivity index (χ1) is 11.0. The molecule has 23 heavy (non-hydrogen) atoms. The average Bonchev–Trinajstić information content (AvgIpc) is 3.20. The third-order valence-corrected chi connectivity index (χ3v) is 5.81. The Kier molecular flexibility index (Phi) is 4.84. The molecule has 3 heterocycles. The predicted molar refractivity (Wildman–Crippen MR) is 94.5 cm³/mol. The Balaban J connectivity index is 1.71. The maximum Gasteiger partial charge on any atom is 0.263 e. The molecule has 3 rings (SSSR count). The van der Waals surface area contributed by atoms with Crippen LogP contribution in [0.25, 0.3) is 9.88 Å². The molecule has 120 valence electrons. The van der Waals surface area contributed by atoms with Gasteiger partial charge in [-0.05, 0) is 38.1 Å². The zero-order valence-electron chi connectivity index (χ0n) is 12.6. The van der Waals surface area contributed by atoms with Gasteiger partial charge in [0.25, 0.3) is 5.91 Å². The van der Waals surface area contributed by atoms with E-state index in [1.165, 1.54) is 22.7 Å². The first-order valence-corrected chi connectivity index (χ1v) is 9.10. The van der Waals surface area contributed by atoms with Gasteiger partial charge < -0.3 is 9.73 Å². The van der Waals surface area contributed by atoms with Crippen molar-refractivity contribution in [1.29, 1.82) is 0 Å². The van der Waals surface area contributed by atoms with Gasteiger partial charge in [-0.3, -0.25) is 4.79 Å². The van der Waals surface area contributed by atoms with E-state index in [1.54, 1.807) is 6.26 Å². The highest BCUT2D eigenvalue weighted by Gasteiger charge is 2.19. The van der Waals surface area contributed by atoms with Gasteiger partial charge in [0, 0.05) is 12.5 Å². The Morgan fingerprint density at radius 2 is 2.22 bits per heavy atom. The molecule has 0 radical (unpaired) electrons. The minimum Gasteiger partial charge on any atom is -0.469 e. The van der Waals surface area contributed by atoms with E-state index in [0.29, 0.717) is 15.6 Å². The SMILES string of the molecule is Cc1nc(-c2ccc(Cl)s2)sc1C(=O)NC(C)Cc1ccco1. The number of amides is 1. The third-order valence-electron chi connectivity index (χ3n) is 3.25. The molecule has 0 aliphatic rings. The van der Waals surface area contributed by atoms with E-state index in [1.807, 2.05) is 38.1 Å². The number of thiophene rings is 1. The molecule has 0 spiro atoms. The molecule has 0 saturated carbocycles. The lowest BCUT2D eigenvalue weighted by Crippen LogP contribution is -2.33. The van der Waals surface area contributed by atoms with Crippen LogP contribution >= 0.6 is 34.3 Å². The smallest absolute Gasteiger partial charge is 0.263 e. The summed E-state index contributed by atoms with van der Waals surface area (Å²) in [7, 11) is 0. The minimum absolute atomic E-state index is 0.0187. The number of carbonyl (C=O) groups excluding carboxylic acids is 1. The molecule has 0 saturated heterocycles. The number of aromatic nitrogens is 1. The van der Waals surface area contributed by atoms with Crippen LogP contribution in [0.2, 0.25) is 4.34 Å². The largest absolute Gasteiger partial charge is 0.469 e. The van der Waals surface area contributed by atoms with Gasteiger partial charge in [0.2, 0.25) is 0 Å². The molecule has 3 aromatic heterocycles. The van der Waals surface area contributed by atoms with Gasteiger partial charge >= 0.3 is 0 Å². The zero-order chi connectivity index (χ0) is 16.4. The highest BCUT2D eigenvalue weighted by atomic mass is 35.5. The van der Waals surface area contributed by atoms with Crippen LogP contribution < -0.4 is 5.32 Å². The number of thiazole rings is 1. The molecule has 1 atom stereocenters. The topological polar surface area (TPSA) is 55.1 Å². The first kappa shape index (κ1) is 16.2. The van der Waals surface area contributed by atoms with E-state index in [0.717, 1.165) is 21.3 Å². The first-order valence-electron chi connectivity index (χ1n) is 7.09. The second-order valence-electron chi connectivity index (χ2n) is 5.20. The van der Waals surface area contributed by atoms with E-state index >= 15 is 0 Å². The van der Waals surface area contributed by atoms with Crippen molar-refractivity contribution in [1.82, 2.24) is 10.3 Å². The van der Waals surface area contributed by atoms with Crippen molar-refractivity contribution >= 4 is 40.2 Å². The Morgan fingerprint density at radius 1 is 1.39 bits per heavy atom. The lowest BCUT2D eigenvalue weighted by Gasteiger charge is -2.11. The highest BCUT2D eigenvalue weighted by Crippen LogP contribution is 2.34. The van der Waals surface area contributed by atoms with Crippen LogP contribution in [-0.2, 0) is 6.42 Å². The lowest BCUT2D eigenvalue weighted by molar-refractivity contribution is 0.0942. The molecule has 0 aliphatic carbocycles. The van der Waals surface area contributed by atoms with E-state index in [-0.39, 0.29) is 11.9 Å². The van der Waals surface area contributed by atoms with Gasteiger partial charge in [-0.25, -0.2) is 4.98 Å². The Morgan fingerprint density at radius 3 is 2.87 bits per heavy atom. The molecule has 0 fully saturated rings. The van der Waals surface area contributed by atoms with Gasteiger partial charge in [0.1, 0.15) is 15.6 Å². The van der Waals surface area contributed by atoms with Crippen LogP contribution in [-0.4, -0.2) is 16.9 Å². The summed E-state index contributed by atoms with van der Waals surface area (Å²) >= 11 is 8.81. The average molecular weight is 367 g/mol. The van der Waals surface area contributed by atoms with Gasteiger partial charge in [-0.1, -0.05) is 11.6 Å². The van der Waals surface area contributed by atoms with Crippen molar-refractivity contribution in [3.05, 3.63) is 51.2 Å². The molecule has 0 aliphatic heterocycles. The van der Waals surface area contributed by atoms with Crippen molar-refractivity contribution in [2.24, 2.45) is 0 Å². The summed E-state index contributed by atoms with van der Waals surface area (Å²) < 4.78 is 6.02. The fourth-order valence-corrected chi connectivity index (χ4v) is 4.28. The summed E-state index contributed by atoms with van der Waals surface area (Å²) in [5.41, 5.74) is 0.734. The van der Waals surface area contributed by atoms with Gasteiger partial charge in [-0.15, -0.1) is 22.7 Å². The zero-order valence-corrected chi connectivity index (χ0v) is 15.0. The molecule has 3 aromatic rings. The van der Waals surface area contributed by atoms with Crippen molar-refractivity contribution in [2.75, 3.05) is 0 Å². The maximum absolute atomic E-state index is 12.5. The van der Waals surface area contributed by atoms with Gasteiger partial charge in [0.15, 0.2) is 0 Å². The van der Waals surface area contributed by atoms with Crippen molar-refractivity contribution < 1.29 is 9.21 Å². The molecule has 1 unspecified atom stereocenters. The molecule has 0 bridgehead atoms. The van der Waals surface area contributed by atoms with Crippen LogP contribution in [0.5, 0.6) is 0 Å². The number of aryl methyl sites for hydroxylation is 1. The number of hydrogen-bond donors (Lipinski definition) is 1. The number of rotatable bonds is 5. The minimum atomic E-state index is -0.104.